The normalized spacial score (nSPS) is 11.0. The summed E-state index contributed by atoms with van der Waals surface area (Å²) >= 11 is 0. The lowest BCUT2D eigenvalue weighted by atomic mass is 10.1. The molecule has 0 radical (unpaired) electrons. The lowest BCUT2D eigenvalue weighted by Crippen LogP contribution is -3.00. The third kappa shape index (κ3) is 4.36. The lowest BCUT2D eigenvalue weighted by Gasteiger charge is -2.05. The summed E-state index contributed by atoms with van der Waals surface area (Å²) in [5.41, 5.74) is 3.19. The summed E-state index contributed by atoms with van der Waals surface area (Å²) in [4.78, 5) is 12.5. The van der Waals surface area contributed by atoms with E-state index >= 15 is 0 Å². The number of sulfonamides is 1. The number of Topliss-reactive ketones (excluding diaryl/α,β-unsaturated/α-hetero) is 1. The maximum Gasteiger partial charge on any atom is 0.253 e. The molecule has 0 spiro atoms. The van der Waals surface area contributed by atoms with Crippen molar-refractivity contribution in [1.82, 2.24) is 4.57 Å². The van der Waals surface area contributed by atoms with Gasteiger partial charge in [-0.2, -0.15) is 0 Å². The first kappa shape index (κ1) is 20.2. The van der Waals surface area contributed by atoms with Crippen LogP contribution in [0.3, 0.4) is 0 Å². The molecule has 0 unspecified atom stereocenters. The summed E-state index contributed by atoms with van der Waals surface area (Å²) < 4.78 is 28.8. The van der Waals surface area contributed by atoms with Crippen molar-refractivity contribution in [1.29, 1.82) is 0 Å². The molecule has 1 N–H and O–H groups in total. The average molecular weight is 372 g/mol. The first-order chi connectivity index (χ1) is 10.6. The zero-order valence-electron chi connectivity index (χ0n) is 14.4. The Morgan fingerprint density at radius 1 is 1.17 bits per heavy atom. The predicted molar refractivity (Wildman–Crippen MR) is 89.1 cm³/mol. The van der Waals surface area contributed by atoms with E-state index in [1.807, 2.05) is 32.4 Å². The van der Waals surface area contributed by atoms with Crippen molar-refractivity contribution in [2.45, 2.75) is 27.3 Å². The van der Waals surface area contributed by atoms with Crippen LogP contribution in [0, 0.1) is 20.8 Å². The SMILES string of the molecule is Cc1c(C)[n+](C)c(C)n1CC(=O)c1ccc(NS(C)(=O)=O)cc1.[Cl-]. The Morgan fingerprint density at radius 3 is 2.12 bits per heavy atom. The number of imidazole rings is 1. The second-order valence-electron chi connectivity index (χ2n) is 5.74. The minimum atomic E-state index is -3.31. The smallest absolute Gasteiger partial charge is 0.253 e. The molecule has 0 saturated carbocycles. The Balaban J connectivity index is 0.00000288. The molecule has 6 nitrogen and oxygen atoms in total. The fourth-order valence-electron chi connectivity index (χ4n) is 2.51. The van der Waals surface area contributed by atoms with Gasteiger partial charge in [-0.3, -0.25) is 9.52 Å². The highest BCUT2D eigenvalue weighted by Crippen LogP contribution is 2.14. The maximum atomic E-state index is 12.5. The average Bonchev–Trinajstić information content (AvgIpc) is 2.64. The van der Waals surface area contributed by atoms with Gasteiger partial charge in [0.2, 0.25) is 15.8 Å². The van der Waals surface area contributed by atoms with Crippen molar-refractivity contribution in [3.05, 3.63) is 47.0 Å². The van der Waals surface area contributed by atoms with Gasteiger partial charge in [0.25, 0.3) is 5.82 Å². The molecule has 0 aliphatic heterocycles. The molecule has 0 fully saturated rings. The number of halogens is 1. The van der Waals surface area contributed by atoms with Crippen molar-refractivity contribution < 1.29 is 30.2 Å². The Morgan fingerprint density at radius 2 is 1.71 bits per heavy atom. The molecule has 0 aliphatic carbocycles. The standard InChI is InChI=1S/C16H21N3O3S.ClH/c1-11-12(2)19(13(3)18(11)4)10-16(20)14-6-8-15(9-7-14)17-23(5,21)22;/h6-9H,10H2,1-5H3;1H. The molecule has 0 atom stereocenters. The lowest BCUT2D eigenvalue weighted by molar-refractivity contribution is -0.683. The van der Waals surface area contributed by atoms with Crippen LogP contribution in [-0.4, -0.2) is 25.0 Å². The number of ketones is 1. The van der Waals surface area contributed by atoms with E-state index in [-0.39, 0.29) is 24.7 Å². The van der Waals surface area contributed by atoms with Gasteiger partial charge in [-0.05, 0) is 24.3 Å². The Kier molecular flexibility index (Phi) is 6.19. The molecule has 8 heteroatoms. The number of rotatable bonds is 5. The summed E-state index contributed by atoms with van der Waals surface area (Å²) in [6.45, 7) is 6.26. The quantitative estimate of drug-likeness (QED) is 0.513. The summed E-state index contributed by atoms with van der Waals surface area (Å²) in [6, 6.07) is 6.46. The monoisotopic (exact) mass is 371 g/mol. The Bertz CT molecular complexity index is 830. The summed E-state index contributed by atoms with van der Waals surface area (Å²) in [6.07, 6.45) is 1.09. The second-order valence-corrected chi connectivity index (χ2v) is 7.49. The van der Waals surface area contributed by atoms with Crippen LogP contribution in [0.25, 0.3) is 0 Å². The molecule has 132 valence electrons. The first-order valence-electron chi connectivity index (χ1n) is 7.23. The number of carbonyl (C=O) groups excluding carboxylic acids is 1. The van der Waals surface area contributed by atoms with Crippen LogP contribution in [0.2, 0.25) is 0 Å². The van der Waals surface area contributed by atoms with Crippen LogP contribution in [0.1, 0.15) is 27.6 Å². The van der Waals surface area contributed by atoms with E-state index in [4.69, 9.17) is 0 Å². The van der Waals surface area contributed by atoms with Crippen LogP contribution in [-0.2, 0) is 23.6 Å². The molecule has 24 heavy (non-hydrogen) atoms. The Hall–Kier alpha value is -1.86. The van der Waals surface area contributed by atoms with Crippen LogP contribution in [0.4, 0.5) is 5.69 Å². The van der Waals surface area contributed by atoms with Crippen LogP contribution in [0.15, 0.2) is 24.3 Å². The van der Waals surface area contributed by atoms with Gasteiger partial charge in [0, 0.05) is 32.0 Å². The van der Waals surface area contributed by atoms with Crippen molar-refractivity contribution in [3.63, 3.8) is 0 Å². The van der Waals surface area contributed by atoms with Gasteiger partial charge in [-0.15, -0.1) is 0 Å². The molecule has 1 aromatic carbocycles. The van der Waals surface area contributed by atoms with E-state index in [2.05, 4.69) is 9.29 Å². The van der Waals surface area contributed by atoms with Gasteiger partial charge in [0.1, 0.15) is 11.4 Å². The van der Waals surface area contributed by atoms with Crippen molar-refractivity contribution in [3.8, 4) is 0 Å². The van der Waals surface area contributed by atoms with Crippen LogP contribution >= 0.6 is 0 Å². The number of anilines is 1. The van der Waals surface area contributed by atoms with Gasteiger partial charge in [-0.1, -0.05) is 0 Å². The van der Waals surface area contributed by atoms with Gasteiger partial charge in [0.15, 0.2) is 6.54 Å². The van der Waals surface area contributed by atoms with Crippen molar-refractivity contribution in [2.24, 2.45) is 7.05 Å². The fraction of sp³-hybridized carbons (Fsp3) is 0.375. The van der Waals surface area contributed by atoms with E-state index in [9.17, 15) is 13.2 Å². The molecular formula is C16H22ClN3O3S. The molecule has 1 aromatic heterocycles. The number of hydrogen-bond donors (Lipinski definition) is 1. The van der Waals surface area contributed by atoms with E-state index < -0.39 is 10.0 Å². The number of aromatic nitrogens is 2. The number of hydrogen-bond acceptors (Lipinski definition) is 3. The predicted octanol–water partition coefficient (Wildman–Crippen LogP) is -1.50. The second kappa shape index (κ2) is 7.36. The minimum absolute atomic E-state index is 0. The van der Waals surface area contributed by atoms with Crippen molar-refractivity contribution >= 4 is 21.5 Å². The van der Waals surface area contributed by atoms with E-state index in [0.717, 1.165) is 23.5 Å². The molecule has 0 bridgehead atoms. The summed E-state index contributed by atoms with van der Waals surface area (Å²) in [5.74, 6) is 1.00. The molecular weight excluding hydrogens is 350 g/mol. The van der Waals surface area contributed by atoms with Gasteiger partial charge >= 0.3 is 0 Å². The number of benzene rings is 1. The molecule has 0 saturated heterocycles. The minimum Gasteiger partial charge on any atom is -1.00 e. The third-order valence-corrected chi connectivity index (χ3v) is 4.73. The van der Waals surface area contributed by atoms with Gasteiger partial charge < -0.3 is 12.4 Å². The van der Waals surface area contributed by atoms with Crippen LogP contribution in [0.5, 0.6) is 0 Å². The highest BCUT2D eigenvalue weighted by atomic mass is 35.5. The number of nitrogens with zero attached hydrogens (tertiary/aromatic N) is 2. The largest absolute Gasteiger partial charge is 1.00 e. The summed E-state index contributed by atoms with van der Waals surface area (Å²) in [7, 11) is -1.34. The third-order valence-electron chi connectivity index (χ3n) is 4.12. The summed E-state index contributed by atoms with van der Waals surface area (Å²) in [5, 5.41) is 0. The zero-order chi connectivity index (χ0) is 17.4. The first-order valence-corrected chi connectivity index (χ1v) is 9.12. The van der Waals surface area contributed by atoms with E-state index in [1.54, 1.807) is 24.3 Å². The van der Waals surface area contributed by atoms with Crippen LogP contribution < -0.4 is 21.7 Å². The zero-order valence-corrected chi connectivity index (χ0v) is 16.0. The number of nitrogens with one attached hydrogen (secondary N) is 1. The Labute approximate surface area is 149 Å². The molecule has 0 aliphatic rings. The fourth-order valence-corrected chi connectivity index (χ4v) is 3.07. The van der Waals surface area contributed by atoms with Crippen molar-refractivity contribution in [2.75, 3.05) is 11.0 Å². The molecule has 2 aromatic rings. The van der Waals surface area contributed by atoms with E-state index in [0.29, 0.717) is 11.3 Å². The topological polar surface area (TPSA) is 72.0 Å². The highest BCUT2D eigenvalue weighted by molar-refractivity contribution is 7.92. The van der Waals surface area contributed by atoms with E-state index in [1.165, 1.54) is 0 Å². The molecule has 2 rings (SSSR count). The molecule has 0 amide bonds. The van der Waals surface area contributed by atoms with Gasteiger partial charge in [0.05, 0.1) is 13.3 Å². The maximum absolute atomic E-state index is 12.5. The molecule has 1 heterocycles. The van der Waals surface area contributed by atoms with Gasteiger partial charge in [-0.25, -0.2) is 17.6 Å². The number of carbonyl (C=O) groups is 1. The highest BCUT2D eigenvalue weighted by Gasteiger charge is 2.22.